The quantitative estimate of drug-likeness (QED) is 0.605. The fraction of sp³-hybridized carbons (Fsp3) is 0.231. The minimum atomic E-state index is 1.05. The van der Waals surface area contributed by atoms with E-state index in [4.69, 9.17) is 0 Å². The Balaban J connectivity index is 3.12. The van der Waals surface area contributed by atoms with Crippen molar-refractivity contribution in [3.8, 4) is 0 Å². The van der Waals surface area contributed by atoms with Gasteiger partial charge in [-0.2, -0.15) is 0 Å². The van der Waals surface area contributed by atoms with E-state index in [9.17, 15) is 0 Å². The van der Waals surface area contributed by atoms with E-state index in [1.165, 1.54) is 16.7 Å². The summed E-state index contributed by atoms with van der Waals surface area (Å²) < 4.78 is 0. The summed E-state index contributed by atoms with van der Waals surface area (Å²) in [4.78, 5) is 0. The molecule has 0 aromatic heterocycles. The first-order valence-corrected chi connectivity index (χ1v) is 4.67. The highest BCUT2D eigenvalue weighted by Gasteiger charge is 2.00. The number of hydrogen-bond acceptors (Lipinski definition) is 0. The Hall–Kier alpha value is -1.30. The van der Waals surface area contributed by atoms with Crippen molar-refractivity contribution in [1.29, 1.82) is 0 Å². The zero-order valence-electron chi connectivity index (χ0n) is 8.38. The summed E-state index contributed by atoms with van der Waals surface area (Å²) in [6.07, 6.45) is 4.99. The van der Waals surface area contributed by atoms with Crippen LogP contribution in [0.4, 0.5) is 0 Å². The van der Waals surface area contributed by atoms with Gasteiger partial charge in [0.05, 0.1) is 0 Å². The van der Waals surface area contributed by atoms with Crippen LogP contribution in [0, 0.1) is 6.92 Å². The van der Waals surface area contributed by atoms with Gasteiger partial charge >= 0.3 is 0 Å². The Bertz CT molecular complexity index is 319. The summed E-state index contributed by atoms with van der Waals surface area (Å²) in [5.74, 6) is 0. The van der Waals surface area contributed by atoms with Crippen molar-refractivity contribution in [2.45, 2.75) is 20.3 Å². The first-order chi connectivity index (χ1) is 6.29. The third kappa shape index (κ3) is 2.32. The second-order valence-corrected chi connectivity index (χ2v) is 3.10. The molecule has 0 heterocycles. The molecule has 0 N–H and O–H groups in total. The largest absolute Gasteiger partial charge is 0.0991 e. The van der Waals surface area contributed by atoms with Gasteiger partial charge in [0.15, 0.2) is 0 Å². The molecule has 0 amide bonds. The molecule has 0 atom stereocenters. The predicted octanol–water partition coefficient (Wildman–Crippen LogP) is 3.97. The molecule has 0 aliphatic carbocycles. The van der Waals surface area contributed by atoms with Gasteiger partial charge in [0.1, 0.15) is 0 Å². The Morgan fingerprint density at radius 2 is 2.08 bits per heavy atom. The van der Waals surface area contributed by atoms with Crippen LogP contribution in [0.15, 0.2) is 43.0 Å². The molecule has 13 heavy (non-hydrogen) atoms. The summed E-state index contributed by atoms with van der Waals surface area (Å²) in [6.45, 7) is 8.04. The molecule has 0 bridgehead atoms. The smallest absolute Gasteiger partial charge is 0.0195 e. The van der Waals surface area contributed by atoms with E-state index in [2.05, 4.69) is 50.8 Å². The Labute approximate surface area is 80.6 Å². The normalized spacial score (nSPS) is 11.4. The average Bonchev–Trinajstić information content (AvgIpc) is 2.16. The van der Waals surface area contributed by atoms with Gasteiger partial charge in [-0.15, -0.1) is 0 Å². The maximum Gasteiger partial charge on any atom is -0.0195 e. The molecule has 0 saturated carbocycles. The van der Waals surface area contributed by atoms with Gasteiger partial charge in [-0.25, -0.2) is 0 Å². The molecule has 0 nitrogen and oxygen atoms in total. The van der Waals surface area contributed by atoms with Crippen LogP contribution in [0.1, 0.15) is 24.5 Å². The van der Waals surface area contributed by atoms with Crippen molar-refractivity contribution >= 4 is 5.57 Å². The lowest BCUT2D eigenvalue weighted by Crippen LogP contribution is -1.86. The molecule has 0 saturated heterocycles. The summed E-state index contributed by atoms with van der Waals surface area (Å²) in [5.41, 5.74) is 4.02. The maximum absolute atomic E-state index is 3.73. The second-order valence-electron chi connectivity index (χ2n) is 3.10. The van der Waals surface area contributed by atoms with Gasteiger partial charge in [-0.05, 0) is 30.0 Å². The van der Waals surface area contributed by atoms with Gasteiger partial charge in [0.2, 0.25) is 0 Å². The van der Waals surface area contributed by atoms with Crippen LogP contribution in [0.2, 0.25) is 0 Å². The van der Waals surface area contributed by atoms with E-state index < -0.39 is 0 Å². The van der Waals surface area contributed by atoms with Crippen molar-refractivity contribution in [2.24, 2.45) is 0 Å². The molecular formula is C13H16. The lowest BCUT2D eigenvalue weighted by atomic mass is 9.98. The molecule has 0 fully saturated rings. The third-order valence-corrected chi connectivity index (χ3v) is 2.19. The van der Waals surface area contributed by atoms with E-state index in [1.807, 2.05) is 6.08 Å². The molecule has 1 aromatic rings. The van der Waals surface area contributed by atoms with Gasteiger partial charge in [-0.3, -0.25) is 0 Å². The highest BCUT2D eigenvalue weighted by molar-refractivity contribution is 5.69. The lowest BCUT2D eigenvalue weighted by molar-refractivity contribution is 1.22. The monoisotopic (exact) mass is 172 g/mol. The summed E-state index contributed by atoms with van der Waals surface area (Å²) >= 11 is 0. The van der Waals surface area contributed by atoms with Crippen molar-refractivity contribution in [3.63, 3.8) is 0 Å². The number of hydrogen-bond donors (Lipinski definition) is 0. The summed E-state index contributed by atoms with van der Waals surface area (Å²) in [5, 5.41) is 0. The molecular weight excluding hydrogens is 156 g/mol. The lowest BCUT2D eigenvalue weighted by Gasteiger charge is -2.07. The van der Waals surface area contributed by atoms with Gasteiger partial charge in [-0.1, -0.05) is 49.9 Å². The molecule has 0 heteroatoms. The second kappa shape index (κ2) is 4.66. The Morgan fingerprint density at radius 1 is 1.38 bits per heavy atom. The molecule has 68 valence electrons. The van der Waals surface area contributed by atoms with Crippen LogP contribution in [-0.2, 0) is 0 Å². The standard InChI is InChI=1S/C13H16/c1-4-8-12(5-2)13-10-7-6-9-11(13)3/h4,6-10H,1,5H2,2-3H3/b12-8-. The maximum atomic E-state index is 3.73. The molecule has 0 radical (unpaired) electrons. The van der Waals surface area contributed by atoms with Crippen LogP contribution in [0.3, 0.4) is 0 Å². The van der Waals surface area contributed by atoms with Crippen LogP contribution >= 0.6 is 0 Å². The number of allylic oxidation sites excluding steroid dienone is 3. The minimum absolute atomic E-state index is 1.05. The summed E-state index contributed by atoms with van der Waals surface area (Å²) in [6, 6.07) is 8.45. The van der Waals surface area contributed by atoms with E-state index >= 15 is 0 Å². The van der Waals surface area contributed by atoms with Gasteiger partial charge in [0, 0.05) is 0 Å². The molecule has 1 rings (SSSR count). The first kappa shape index (κ1) is 9.79. The van der Waals surface area contributed by atoms with Crippen LogP contribution < -0.4 is 0 Å². The van der Waals surface area contributed by atoms with Crippen molar-refractivity contribution in [2.75, 3.05) is 0 Å². The van der Waals surface area contributed by atoms with Gasteiger partial charge in [0.25, 0.3) is 0 Å². The Morgan fingerprint density at radius 3 is 2.62 bits per heavy atom. The molecule has 1 aromatic carbocycles. The minimum Gasteiger partial charge on any atom is -0.0991 e. The van der Waals surface area contributed by atoms with E-state index in [-0.39, 0.29) is 0 Å². The summed E-state index contributed by atoms with van der Waals surface area (Å²) in [7, 11) is 0. The highest BCUT2D eigenvalue weighted by atomic mass is 14.0. The predicted molar refractivity (Wildman–Crippen MR) is 59.6 cm³/mol. The zero-order chi connectivity index (χ0) is 9.68. The van der Waals surface area contributed by atoms with Crippen molar-refractivity contribution in [3.05, 3.63) is 54.1 Å². The third-order valence-electron chi connectivity index (χ3n) is 2.19. The van der Waals surface area contributed by atoms with Crippen molar-refractivity contribution in [1.82, 2.24) is 0 Å². The van der Waals surface area contributed by atoms with Gasteiger partial charge < -0.3 is 0 Å². The zero-order valence-corrected chi connectivity index (χ0v) is 8.38. The van der Waals surface area contributed by atoms with E-state index in [1.54, 1.807) is 0 Å². The van der Waals surface area contributed by atoms with Crippen molar-refractivity contribution < 1.29 is 0 Å². The van der Waals surface area contributed by atoms with Crippen LogP contribution in [-0.4, -0.2) is 0 Å². The molecule has 0 spiro atoms. The fourth-order valence-electron chi connectivity index (χ4n) is 1.47. The molecule has 0 aliphatic rings. The average molecular weight is 172 g/mol. The van der Waals surface area contributed by atoms with E-state index in [0.29, 0.717) is 0 Å². The molecule has 0 unspecified atom stereocenters. The highest BCUT2D eigenvalue weighted by Crippen LogP contribution is 2.21. The number of aryl methyl sites for hydroxylation is 1. The fourth-order valence-corrected chi connectivity index (χ4v) is 1.47. The topological polar surface area (TPSA) is 0 Å². The number of rotatable bonds is 3. The number of benzene rings is 1. The first-order valence-electron chi connectivity index (χ1n) is 4.67. The van der Waals surface area contributed by atoms with Crippen LogP contribution in [0.25, 0.3) is 5.57 Å². The SMILES string of the molecule is C=C/C=C(/CC)c1ccccc1C. The Kier molecular flexibility index (Phi) is 3.51. The van der Waals surface area contributed by atoms with E-state index in [0.717, 1.165) is 6.42 Å². The van der Waals surface area contributed by atoms with Crippen LogP contribution in [0.5, 0.6) is 0 Å². The molecule has 0 aliphatic heterocycles.